The average Bonchev–Trinajstić information content (AvgIpc) is 1.80. The van der Waals surface area contributed by atoms with Crippen LogP contribution in [0.4, 0.5) is 0 Å². The van der Waals surface area contributed by atoms with Crippen LogP contribution in [0, 0.1) is 13.0 Å². The predicted octanol–water partition coefficient (Wildman–Crippen LogP) is 3.32. The van der Waals surface area contributed by atoms with Gasteiger partial charge < -0.3 is 0 Å². The Labute approximate surface area is 71.5 Å². The minimum atomic E-state index is 1.03. The van der Waals surface area contributed by atoms with E-state index in [0.717, 1.165) is 8.95 Å². The summed E-state index contributed by atoms with van der Waals surface area (Å²) in [4.78, 5) is 0. The van der Waals surface area contributed by atoms with Crippen molar-refractivity contribution in [1.82, 2.24) is 0 Å². The highest BCUT2D eigenvalue weighted by atomic mass is 79.9. The fraction of sp³-hybridized carbons (Fsp3) is 0.143. The second kappa shape index (κ2) is 2.84. The molecule has 1 radical (unpaired) electrons. The lowest BCUT2D eigenvalue weighted by Crippen LogP contribution is -1.73. The van der Waals surface area contributed by atoms with Crippen LogP contribution in [0.2, 0.25) is 0 Å². The highest BCUT2D eigenvalue weighted by molar-refractivity contribution is 9.11. The molecular weight excluding hydrogens is 244 g/mol. The van der Waals surface area contributed by atoms with Crippen molar-refractivity contribution in [2.75, 3.05) is 0 Å². The van der Waals surface area contributed by atoms with Gasteiger partial charge in [-0.25, -0.2) is 0 Å². The van der Waals surface area contributed by atoms with Crippen LogP contribution in [0.1, 0.15) is 5.56 Å². The average molecular weight is 249 g/mol. The molecule has 0 amide bonds. The van der Waals surface area contributed by atoms with Gasteiger partial charge in [0.1, 0.15) is 0 Å². The molecule has 0 aliphatic carbocycles. The first-order chi connectivity index (χ1) is 4.20. The Morgan fingerprint density at radius 2 is 2.11 bits per heavy atom. The first-order valence-electron chi connectivity index (χ1n) is 2.53. The van der Waals surface area contributed by atoms with Crippen LogP contribution in [0.25, 0.3) is 0 Å². The van der Waals surface area contributed by atoms with E-state index in [4.69, 9.17) is 0 Å². The van der Waals surface area contributed by atoms with Crippen LogP contribution in [0.5, 0.6) is 0 Å². The van der Waals surface area contributed by atoms with E-state index in [1.165, 1.54) is 5.56 Å². The molecule has 9 heavy (non-hydrogen) atoms. The van der Waals surface area contributed by atoms with E-state index in [9.17, 15) is 0 Å². The molecule has 1 aromatic carbocycles. The molecule has 0 aliphatic rings. The number of aryl methyl sites for hydroxylation is 1. The Kier molecular flexibility index (Phi) is 2.30. The van der Waals surface area contributed by atoms with Crippen LogP contribution in [-0.4, -0.2) is 0 Å². The van der Waals surface area contributed by atoms with Crippen molar-refractivity contribution in [1.29, 1.82) is 0 Å². The number of halogens is 2. The first-order valence-corrected chi connectivity index (χ1v) is 4.12. The van der Waals surface area contributed by atoms with Gasteiger partial charge in [0.05, 0.1) is 0 Å². The molecular formula is C7H5Br2. The van der Waals surface area contributed by atoms with Gasteiger partial charge in [0.25, 0.3) is 0 Å². The van der Waals surface area contributed by atoms with Crippen LogP contribution in [0.3, 0.4) is 0 Å². The summed E-state index contributed by atoms with van der Waals surface area (Å²) in [6.45, 7) is 2.03. The Bertz CT molecular complexity index is 218. The predicted molar refractivity (Wildman–Crippen MR) is 45.4 cm³/mol. The van der Waals surface area contributed by atoms with Gasteiger partial charge in [0, 0.05) is 8.95 Å². The van der Waals surface area contributed by atoms with E-state index in [0.29, 0.717) is 0 Å². The van der Waals surface area contributed by atoms with Crippen molar-refractivity contribution < 1.29 is 0 Å². The summed E-state index contributed by atoms with van der Waals surface area (Å²) < 4.78 is 2.11. The molecule has 0 heterocycles. The van der Waals surface area contributed by atoms with E-state index in [1.807, 2.05) is 19.1 Å². The fourth-order valence-electron chi connectivity index (χ4n) is 0.558. The normalized spacial score (nSPS) is 9.67. The molecule has 0 aromatic heterocycles. The smallest absolute Gasteiger partial charge is 0.0284 e. The molecule has 0 saturated heterocycles. The Hall–Kier alpha value is 0.180. The summed E-state index contributed by atoms with van der Waals surface area (Å²) >= 11 is 6.70. The van der Waals surface area contributed by atoms with Gasteiger partial charge >= 0.3 is 0 Å². The third kappa shape index (κ3) is 1.80. The summed E-state index contributed by atoms with van der Waals surface area (Å²) in [6, 6.07) is 6.97. The third-order valence-electron chi connectivity index (χ3n) is 1.04. The van der Waals surface area contributed by atoms with Gasteiger partial charge in [-0.2, -0.15) is 0 Å². The fourth-order valence-corrected chi connectivity index (χ4v) is 1.24. The van der Waals surface area contributed by atoms with E-state index in [2.05, 4.69) is 37.9 Å². The Morgan fingerprint density at radius 3 is 2.56 bits per heavy atom. The highest BCUT2D eigenvalue weighted by Gasteiger charge is 1.92. The summed E-state index contributed by atoms with van der Waals surface area (Å²) in [7, 11) is 0. The van der Waals surface area contributed by atoms with Crippen molar-refractivity contribution in [3.8, 4) is 0 Å². The van der Waals surface area contributed by atoms with Gasteiger partial charge in [-0.15, -0.1) is 0 Å². The summed E-state index contributed by atoms with van der Waals surface area (Å²) in [5, 5.41) is 0. The number of benzene rings is 1. The molecule has 1 rings (SSSR count). The molecule has 0 atom stereocenters. The zero-order valence-electron chi connectivity index (χ0n) is 4.91. The summed E-state index contributed by atoms with van der Waals surface area (Å²) in [5.74, 6) is 0. The van der Waals surface area contributed by atoms with Gasteiger partial charge in [-0.05, 0) is 46.6 Å². The molecule has 0 fully saturated rings. The maximum Gasteiger partial charge on any atom is 0.0284 e. The summed E-state index contributed by atoms with van der Waals surface area (Å²) in [5.41, 5.74) is 1.20. The van der Waals surface area contributed by atoms with Crippen molar-refractivity contribution in [3.05, 3.63) is 32.7 Å². The SMILES string of the molecule is Cc1cc(Br)c[c]c1Br. The van der Waals surface area contributed by atoms with Crippen LogP contribution >= 0.6 is 31.9 Å². The molecule has 0 N–H and O–H groups in total. The Balaban J connectivity index is 3.17. The second-order valence-electron chi connectivity index (χ2n) is 1.81. The molecule has 0 spiro atoms. The van der Waals surface area contributed by atoms with Gasteiger partial charge in [-0.3, -0.25) is 0 Å². The lowest BCUT2D eigenvalue weighted by Gasteiger charge is -1.94. The Morgan fingerprint density at radius 1 is 1.44 bits per heavy atom. The van der Waals surface area contributed by atoms with E-state index < -0.39 is 0 Å². The molecule has 1 aromatic rings. The minimum absolute atomic E-state index is 1.03. The quantitative estimate of drug-likeness (QED) is 0.661. The zero-order valence-corrected chi connectivity index (χ0v) is 8.08. The minimum Gasteiger partial charge on any atom is -0.0508 e. The van der Waals surface area contributed by atoms with E-state index >= 15 is 0 Å². The van der Waals surface area contributed by atoms with Crippen molar-refractivity contribution in [2.24, 2.45) is 0 Å². The maximum atomic E-state index is 3.35. The van der Waals surface area contributed by atoms with E-state index in [1.54, 1.807) is 0 Å². The zero-order chi connectivity index (χ0) is 6.85. The lowest BCUT2D eigenvalue weighted by molar-refractivity contribution is 1.41. The van der Waals surface area contributed by atoms with Crippen LogP contribution < -0.4 is 0 Å². The second-order valence-corrected chi connectivity index (χ2v) is 3.52. The van der Waals surface area contributed by atoms with Crippen molar-refractivity contribution in [2.45, 2.75) is 6.92 Å². The van der Waals surface area contributed by atoms with Crippen LogP contribution in [0.15, 0.2) is 21.1 Å². The number of hydrogen-bond donors (Lipinski definition) is 0. The molecule has 47 valence electrons. The standard InChI is InChI=1S/C7H5Br2/c1-5-4-6(8)2-3-7(5)9/h2,4H,1H3. The van der Waals surface area contributed by atoms with E-state index in [-0.39, 0.29) is 0 Å². The maximum absolute atomic E-state index is 3.35. The summed E-state index contributed by atoms with van der Waals surface area (Å²) in [6.07, 6.45) is 0. The largest absolute Gasteiger partial charge is 0.0508 e. The molecule has 0 bridgehead atoms. The number of hydrogen-bond acceptors (Lipinski definition) is 0. The van der Waals surface area contributed by atoms with Gasteiger partial charge in [0.15, 0.2) is 0 Å². The highest BCUT2D eigenvalue weighted by Crippen LogP contribution is 2.19. The first kappa shape index (κ1) is 7.29. The molecule has 0 unspecified atom stereocenters. The third-order valence-corrected chi connectivity index (χ3v) is 2.35. The molecule has 0 saturated carbocycles. The molecule has 0 nitrogen and oxygen atoms in total. The van der Waals surface area contributed by atoms with Gasteiger partial charge in [-0.1, -0.05) is 15.9 Å². The van der Waals surface area contributed by atoms with Crippen molar-refractivity contribution >= 4 is 31.9 Å². The molecule has 2 heteroatoms. The number of rotatable bonds is 0. The van der Waals surface area contributed by atoms with Gasteiger partial charge in [0.2, 0.25) is 0 Å². The monoisotopic (exact) mass is 247 g/mol. The van der Waals surface area contributed by atoms with Crippen molar-refractivity contribution in [3.63, 3.8) is 0 Å². The lowest BCUT2D eigenvalue weighted by atomic mass is 10.2. The molecule has 0 aliphatic heterocycles. The topological polar surface area (TPSA) is 0 Å². The van der Waals surface area contributed by atoms with Crippen LogP contribution in [-0.2, 0) is 0 Å².